The van der Waals surface area contributed by atoms with Gasteiger partial charge in [0, 0.05) is 43.9 Å². The molecule has 4 unspecified atom stereocenters. The van der Waals surface area contributed by atoms with Crippen molar-refractivity contribution in [1.82, 2.24) is 4.90 Å². The molecule has 0 spiro atoms. The molecule has 1 aliphatic heterocycles. The lowest BCUT2D eigenvalue weighted by atomic mass is 10.00. The van der Waals surface area contributed by atoms with E-state index < -0.39 is 16.9 Å². The van der Waals surface area contributed by atoms with Crippen LogP contribution < -0.4 is 5.73 Å². The Morgan fingerprint density at radius 3 is 1.97 bits per heavy atom. The molecule has 0 radical (unpaired) electrons. The molecule has 1 fully saturated rings. The van der Waals surface area contributed by atoms with E-state index in [-0.39, 0.29) is 29.3 Å². The molecule has 1 saturated heterocycles. The highest BCUT2D eigenvalue weighted by molar-refractivity contribution is 7.86. The molecule has 4 atom stereocenters. The predicted octanol–water partition coefficient (Wildman–Crippen LogP) is 7.10. The number of amides is 1. The van der Waals surface area contributed by atoms with Gasteiger partial charge in [0.1, 0.15) is 6.10 Å². The summed E-state index contributed by atoms with van der Waals surface area (Å²) in [5.41, 5.74) is 6.68. The van der Waals surface area contributed by atoms with Gasteiger partial charge in [0.05, 0.1) is 26.5 Å². The van der Waals surface area contributed by atoms with Crippen LogP contribution >= 0.6 is 23.2 Å². The van der Waals surface area contributed by atoms with Crippen LogP contribution in [-0.2, 0) is 20.3 Å². The van der Waals surface area contributed by atoms with Crippen LogP contribution in [-0.4, -0.2) is 50.8 Å². The zero-order valence-electron chi connectivity index (χ0n) is 23.4. The van der Waals surface area contributed by atoms with Crippen molar-refractivity contribution in [2.75, 3.05) is 18.9 Å². The topological polar surface area (TPSA) is 72.6 Å². The first kappa shape index (κ1) is 35.4. The fraction of sp³-hybridized carbons (Fsp3) is 0.517. The number of carbonyl (C=O) groups is 1. The monoisotopic (exact) mass is 571 g/mol. The molecule has 1 amide bonds. The molecule has 2 aromatic carbocycles. The number of nitrogens with zero attached hydrogens (tertiary/aromatic N) is 1. The van der Waals surface area contributed by atoms with E-state index in [1.165, 1.54) is 0 Å². The number of hydrogen-bond acceptors (Lipinski definition) is 4. The second-order valence-electron chi connectivity index (χ2n) is 8.85. The Hall–Kier alpha value is -1.57. The Bertz CT molecular complexity index is 906. The minimum atomic E-state index is -1.06. The minimum absolute atomic E-state index is 0.128. The lowest BCUT2D eigenvalue weighted by molar-refractivity contribution is -0.162. The van der Waals surface area contributed by atoms with Crippen LogP contribution in [0.2, 0.25) is 10.0 Å². The standard InChI is InChI=1S/C19H29ClN2O3S.C6H5Cl.C2H6.C2H5/c1-5-15(12-26(24)19(2,3)4)22-16(11-25-17(10-21)18(22)23)13-6-8-14(20)9-7-13;7-6-4-2-1-3-5-6;2*1-2/h6-9,15-17H,5,10-12,21H2,1-4H3;1-5H;1-2H3;1H2,2H3/q;;;+1. The number of nitrogens with two attached hydrogens (primary N) is 1. The van der Waals surface area contributed by atoms with Crippen LogP contribution in [0.3, 0.4) is 0 Å². The Balaban J connectivity index is 0.000000988. The van der Waals surface area contributed by atoms with E-state index in [0.717, 1.165) is 17.0 Å². The average molecular weight is 573 g/mol. The third-order valence-corrected chi connectivity index (χ3v) is 7.97. The van der Waals surface area contributed by atoms with Gasteiger partial charge in [-0.15, -0.1) is 0 Å². The van der Waals surface area contributed by atoms with Gasteiger partial charge in [-0.1, -0.05) is 74.3 Å². The minimum Gasteiger partial charge on any atom is -0.365 e. The molecule has 1 heterocycles. The molecule has 0 aliphatic carbocycles. The summed E-state index contributed by atoms with van der Waals surface area (Å²) in [7, 11) is -1.06. The first-order valence-electron chi connectivity index (χ1n) is 12.8. The number of rotatable bonds is 6. The number of halogens is 2. The van der Waals surface area contributed by atoms with Crippen LogP contribution in [0, 0.1) is 6.92 Å². The number of benzene rings is 2. The number of ether oxygens (including phenoxy) is 1. The fourth-order valence-corrected chi connectivity index (χ4v) is 4.98. The van der Waals surface area contributed by atoms with Crippen LogP contribution in [0.15, 0.2) is 54.6 Å². The maximum atomic E-state index is 13.0. The molecule has 5 nitrogen and oxygen atoms in total. The van der Waals surface area contributed by atoms with Crippen molar-refractivity contribution in [3.8, 4) is 0 Å². The van der Waals surface area contributed by atoms with Crippen molar-refractivity contribution in [2.45, 2.75) is 77.8 Å². The Kier molecular flexibility index (Phi) is 17.9. The lowest BCUT2D eigenvalue weighted by Crippen LogP contribution is -2.57. The van der Waals surface area contributed by atoms with E-state index >= 15 is 0 Å². The molecule has 0 aromatic heterocycles. The molecule has 2 aromatic rings. The van der Waals surface area contributed by atoms with Gasteiger partial charge in [-0.2, -0.15) is 0 Å². The number of morpholine rings is 1. The highest BCUT2D eigenvalue weighted by Crippen LogP contribution is 2.31. The van der Waals surface area contributed by atoms with Gasteiger partial charge in [0.15, 0.2) is 0 Å². The molecule has 0 bridgehead atoms. The van der Waals surface area contributed by atoms with E-state index in [9.17, 15) is 9.00 Å². The molecule has 37 heavy (non-hydrogen) atoms. The quantitative estimate of drug-likeness (QED) is 0.375. The molecule has 1 aliphatic rings. The zero-order chi connectivity index (χ0) is 28.6. The van der Waals surface area contributed by atoms with Crippen LogP contribution in [0.5, 0.6) is 0 Å². The highest BCUT2D eigenvalue weighted by atomic mass is 35.5. The van der Waals surface area contributed by atoms with Gasteiger partial charge in [-0.3, -0.25) is 9.00 Å². The van der Waals surface area contributed by atoms with Crippen molar-refractivity contribution in [3.63, 3.8) is 0 Å². The second kappa shape index (κ2) is 18.6. The molecule has 0 saturated carbocycles. The van der Waals surface area contributed by atoms with Gasteiger partial charge < -0.3 is 15.4 Å². The Morgan fingerprint density at radius 2 is 1.57 bits per heavy atom. The van der Waals surface area contributed by atoms with Crippen molar-refractivity contribution < 1.29 is 13.7 Å². The lowest BCUT2D eigenvalue weighted by Gasteiger charge is -2.44. The molecule has 8 heteroatoms. The average Bonchev–Trinajstić information content (AvgIpc) is 2.90. The Morgan fingerprint density at radius 1 is 1.05 bits per heavy atom. The SMILES string of the molecule is CC.CCC(CS(=O)C(C)(C)C)N1C(=O)C(CN)OCC1c1ccc(Cl)cc1.Clc1ccccc1.[CH2+]C. The van der Waals surface area contributed by atoms with E-state index in [0.29, 0.717) is 17.4 Å². The van der Waals surface area contributed by atoms with Crippen molar-refractivity contribution in [2.24, 2.45) is 5.73 Å². The first-order valence-corrected chi connectivity index (χ1v) is 14.8. The third kappa shape index (κ3) is 11.8. The van der Waals surface area contributed by atoms with Crippen LogP contribution in [0.25, 0.3) is 0 Å². The number of carbonyl (C=O) groups excluding carboxylic acids is 1. The van der Waals surface area contributed by atoms with Gasteiger partial charge in [0.25, 0.3) is 5.91 Å². The summed E-state index contributed by atoms with van der Waals surface area (Å²) in [5, 5.41) is 1.44. The van der Waals surface area contributed by atoms with Gasteiger partial charge in [0.2, 0.25) is 0 Å². The van der Waals surface area contributed by atoms with Crippen LogP contribution in [0.4, 0.5) is 0 Å². The third-order valence-electron chi connectivity index (χ3n) is 5.41. The molecule has 3 rings (SSSR count). The normalized spacial score (nSPS) is 18.6. The van der Waals surface area contributed by atoms with Crippen molar-refractivity contribution in [3.05, 3.63) is 77.1 Å². The number of hydrogen-bond donors (Lipinski definition) is 1. The molecular weight excluding hydrogens is 527 g/mol. The van der Waals surface area contributed by atoms with Crippen LogP contribution in [0.1, 0.15) is 66.5 Å². The van der Waals surface area contributed by atoms with E-state index in [4.69, 9.17) is 33.7 Å². The predicted molar refractivity (Wildman–Crippen MR) is 161 cm³/mol. The molecular formula is C29H45Cl2N2O3S+. The summed E-state index contributed by atoms with van der Waals surface area (Å²) in [6, 6.07) is 16.5. The maximum Gasteiger partial charge on any atom is 0.253 e. The summed E-state index contributed by atoms with van der Waals surface area (Å²) in [5.74, 6) is 0.309. The van der Waals surface area contributed by atoms with Gasteiger partial charge in [-0.05, 0) is 57.0 Å². The molecule has 2 N–H and O–H groups in total. The summed E-state index contributed by atoms with van der Waals surface area (Å²) in [6.45, 7) is 17.4. The smallest absolute Gasteiger partial charge is 0.253 e. The largest absolute Gasteiger partial charge is 0.365 e. The summed E-state index contributed by atoms with van der Waals surface area (Å²) in [4.78, 5) is 14.9. The second-order valence-corrected chi connectivity index (χ2v) is 12.0. The van der Waals surface area contributed by atoms with Gasteiger partial charge >= 0.3 is 0 Å². The van der Waals surface area contributed by atoms with E-state index in [1.807, 2.05) is 101 Å². The summed E-state index contributed by atoms with van der Waals surface area (Å²) in [6.07, 6.45) is 0.0743. The fourth-order valence-electron chi connectivity index (χ4n) is 3.46. The Labute approximate surface area is 237 Å². The summed E-state index contributed by atoms with van der Waals surface area (Å²) >= 11 is 11.5. The maximum absolute atomic E-state index is 13.0. The van der Waals surface area contributed by atoms with Gasteiger partial charge in [-0.25, -0.2) is 0 Å². The van der Waals surface area contributed by atoms with E-state index in [1.54, 1.807) is 6.92 Å². The first-order chi connectivity index (χ1) is 17.6. The summed E-state index contributed by atoms with van der Waals surface area (Å²) < 4.78 is 18.1. The van der Waals surface area contributed by atoms with Crippen molar-refractivity contribution >= 4 is 39.9 Å². The van der Waals surface area contributed by atoms with E-state index in [2.05, 4.69) is 6.92 Å². The zero-order valence-corrected chi connectivity index (χ0v) is 25.7. The molecule has 208 valence electrons. The van der Waals surface area contributed by atoms with Crippen molar-refractivity contribution in [1.29, 1.82) is 0 Å². The highest BCUT2D eigenvalue weighted by Gasteiger charge is 2.40.